The maximum absolute atomic E-state index is 12.2. The fourth-order valence-corrected chi connectivity index (χ4v) is 3.74. The molecule has 140 valence electrons. The van der Waals surface area contributed by atoms with Crippen LogP contribution in [0.3, 0.4) is 0 Å². The molecule has 0 unspecified atom stereocenters. The molecular formula is C21H30N4O. The summed E-state index contributed by atoms with van der Waals surface area (Å²) in [5.41, 5.74) is 8.13. The maximum Gasteiger partial charge on any atom is 0.237 e. The van der Waals surface area contributed by atoms with Crippen molar-refractivity contribution < 1.29 is 4.79 Å². The predicted octanol–water partition coefficient (Wildman–Crippen LogP) is 2.89. The van der Waals surface area contributed by atoms with Crippen LogP contribution in [0.2, 0.25) is 0 Å². The molecule has 0 radical (unpaired) electrons. The summed E-state index contributed by atoms with van der Waals surface area (Å²) in [6.45, 7) is 1.50. The van der Waals surface area contributed by atoms with Gasteiger partial charge in [0, 0.05) is 25.7 Å². The quantitative estimate of drug-likeness (QED) is 0.680. The van der Waals surface area contributed by atoms with Gasteiger partial charge in [-0.15, -0.1) is 0 Å². The highest BCUT2D eigenvalue weighted by Crippen LogP contribution is 2.28. The molecule has 3 rings (SSSR count). The molecule has 3 N–H and O–H groups in total. The number of hydrogen-bond donors (Lipinski definition) is 2. The molecule has 1 amide bonds. The molecule has 0 spiro atoms. The first-order valence-electron chi connectivity index (χ1n) is 9.78. The lowest BCUT2D eigenvalue weighted by molar-refractivity contribution is -0.122. The third-order valence-corrected chi connectivity index (χ3v) is 5.22. The molecule has 1 aliphatic carbocycles. The third-order valence-electron chi connectivity index (χ3n) is 5.22. The van der Waals surface area contributed by atoms with Gasteiger partial charge in [0.15, 0.2) is 0 Å². The van der Waals surface area contributed by atoms with Crippen LogP contribution in [0.15, 0.2) is 42.9 Å². The molecule has 0 aliphatic heterocycles. The predicted molar refractivity (Wildman–Crippen MR) is 104 cm³/mol. The van der Waals surface area contributed by atoms with Crippen molar-refractivity contribution in [3.8, 4) is 0 Å². The van der Waals surface area contributed by atoms with Gasteiger partial charge in [-0.05, 0) is 24.3 Å². The van der Waals surface area contributed by atoms with E-state index in [-0.39, 0.29) is 5.91 Å². The zero-order chi connectivity index (χ0) is 18.2. The number of benzene rings is 1. The van der Waals surface area contributed by atoms with Crippen molar-refractivity contribution in [3.63, 3.8) is 0 Å². The van der Waals surface area contributed by atoms with Crippen LogP contribution in [0.5, 0.6) is 0 Å². The molecule has 26 heavy (non-hydrogen) atoms. The Hall–Kier alpha value is -2.14. The monoisotopic (exact) mass is 354 g/mol. The summed E-state index contributed by atoms with van der Waals surface area (Å²) in [7, 11) is 0. The minimum absolute atomic E-state index is 0.0750. The molecule has 1 aromatic heterocycles. The molecule has 1 fully saturated rings. The molecule has 5 heteroatoms. The molecule has 2 aromatic rings. The van der Waals surface area contributed by atoms with Gasteiger partial charge in [-0.2, -0.15) is 0 Å². The van der Waals surface area contributed by atoms with E-state index in [1.54, 1.807) is 6.33 Å². The van der Waals surface area contributed by atoms with Gasteiger partial charge in [0.25, 0.3) is 0 Å². The molecule has 0 bridgehead atoms. The largest absolute Gasteiger partial charge is 0.355 e. The molecule has 1 atom stereocenters. The van der Waals surface area contributed by atoms with Crippen molar-refractivity contribution in [2.24, 2.45) is 11.7 Å². The zero-order valence-corrected chi connectivity index (χ0v) is 15.4. The van der Waals surface area contributed by atoms with E-state index >= 15 is 0 Å². The summed E-state index contributed by atoms with van der Waals surface area (Å²) in [4.78, 5) is 16.6. The SMILES string of the molecule is N[C@@H](Cc1cn(Cc2ccccc2)cn1)C(=O)NCCCC1CCCC1. The second-order valence-corrected chi connectivity index (χ2v) is 7.42. The van der Waals surface area contributed by atoms with E-state index in [9.17, 15) is 4.79 Å². The average molecular weight is 354 g/mol. The van der Waals surface area contributed by atoms with Crippen LogP contribution in [0.25, 0.3) is 0 Å². The number of hydrogen-bond acceptors (Lipinski definition) is 3. The van der Waals surface area contributed by atoms with Crippen LogP contribution in [0.4, 0.5) is 0 Å². The molecule has 1 aliphatic rings. The first kappa shape index (κ1) is 18.6. The van der Waals surface area contributed by atoms with E-state index in [1.807, 2.05) is 29.0 Å². The fourth-order valence-electron chi connectivity index (χ4n) is 3.74. The number of nitrogens with zero attached hydrogens (tertiary/aromatic N) is 2. The molecular weight excluding hydrogens is 324 g/mol. The number of imidazole rings is 1. The Morgan fingerprint density at radius 3 is 2.81 bits per heavy atom. The van der Waals surface area contributed by atoms with E-state index in [4.69, 9.17) is 5.73 Å². The minimum Gasteiger partial charge on any atom is -0.355 e. The molecule has 1 aromatic carbocycles. The Labute approximate surface area is 156 Å². The first-order chi connectivity index (χ1) is 12.7. The van der Waals surface area contributed by atoms with Crippen LogP contribution in [0.1, 0.15) is 49.8 Å². The second-order valence-electron chi connectivity index (χ2n) is 7.42. The van der Waals surface area contributed by atoms with Crippen molar-refractivity contribution in [2.45, 2.75) is 57.5 Å². The fraction of sp³-hybridized carbons (Fsp3) is 0.524. The lowest BCUT2D eigenvalue weighted by Gasteiger charge is -2.12. The van der Waals surface area contributed by atoms with Crippen molar-refractivity contribution in [3.05, 3.63) is 54.1 Å². The van der Waals surface area contributed by atoms with E-state index in [2.05, 4.69) is 22.4 Å². The summed E-state index contributed by atoms with van der Waals surface area (Å²) in [6.07, 6.45) is 12.0. The number of carbonyl (C=O) groups excluding carboxylic acids is 1. The van der Waals surface area contributed by atoms with Crippen molar-refractivity contribution >= 4 is 5.91 Å². The van der Waals surface area contributed by atoms with Gasteiger partial charge >= 0.3 is 0 Å². The van der Waals surface area contributed by atoms with Crippen molar-refractivity contribution in [2.75, 3.05) is 6.54 Å². The van der Waals surface area contributed by atoms with E-state index < -0.39 is 6.04 Å². The number of nitrogens with one attached hydrogen (secondary N) is 1. The molecule has 0 saturated heterocycles. The van der Waals surface area contributed by atoms with Gasteiger partial charge < -0.3 is 15.6 Å². The Kier molecular flexibility index (Phi) is 6.83. The van der Waals surface area contributed by atoms with Crippen LogP contribution in [-0.4, -0.2) is 28.0 Å². The number of rotatable bonds is 9. The standard InChI is InChI=1S/C21H30N4O/c22-20(21(26)23-12-6-11-17-7-4-5-8-17)13-19-15-25(16-24-19)14-18-9-2-1-3-10-18/h1-3,9-10,15-17,20H,4-8,11-14,22H2,(H,23,26)/t20-/m0/s1. The van der Waals surface area contributed by atoms with Crippen LogP contribution < -0.4 is 11.1 Å². The highest BCUT2D eigenvalue weighted by Gasteiger charge is 2.17. The summed E-state index contributed by atoms with van der Waals surface area (Å²) in [5.74, 6) is 0.795. The number of amides is 1. The number of carbonyl (C=O) groups is 1. The Morgan fingerprint density at radius 2 is 2.04 bits per heavy atom. The lowest BCUT2D eigenvalue weighted by atomic mass is 10.0. The summed E-state index contributed by atoms with van der Waals surface area (Å²) < 4.78 is 2.02. The summed E-state index contributed by atoms with van der Waals surface area (Å²) in [6, 6.07) is 9.70. The molecule has 1 heterocycles. The average Bonchev–Trinajstić information content (AvgIpc) is 3.31. The van der Waals surface area contributed by atoms with Crippen molar-refractivity contribution in [1.82, 2.24) is 14.9 Å². The van der Waals surface area contributed by atoms with Gasteiger partial charge in [0.1, 0.15) is 0 Å². The summed E-state index contributed by atoms with van der Waals surface area (Å²) in [5, 5.41) is 2.97. The van der Waals surface area contributed by atoms with Gasteiger partial charge in [-0.1, -0.05) is 56.0 Å². The normalized spacial score (nSPS) is 15.9. The second kappa shape index (κ2) is 9.53. The van der Waals surface area contributed by atoms with E-state index in [1.165, 1.54) is 37.7 Å². The van der Waals surface area contributed by atoms with E-state index in [0.717, 1.165) is 31.1 Å². The molecule has 1 saturated carbocycles. The number of aromatic nitrogens is 2. The van der Waals surface area contributed by atoms with Gasteiger partial charge in [0.2, 0.25) is 5.91 Å². The Morgan fingerprint density at radius 1 is 1.27 bits per heavy atom. The number of nitrogens with two attached hydrogens (primary N) is 1. The van der Waals surface area contributed by atoms with Gasteiger partial charge in [0.05, 0.1) is 18.1 Å². The van der Waals surface area contributed by atoms with Crippen LogP contribution in [0, 0.1) is 5.92 Å². The maximum atomic E-state index is 12.2. The van der Waals surface area contributed by atoms with Gasteiger partial charge in [-0.3, -0.25) is 4.79 Å². The Balaban J connectivity index is 1.38. The first-order valence-corrected chi connectivity index (χ1v) is 9.78. The van der Waals surface area contributed by atoms with E-state index in [0.29, 0.717) is 6.42 Å². The molecule has 5 nitrogen and oxygen atoms in total. The minimum atomic E-state index is -0.540. The van der Waals surface area contributed by atoms with Crippen LogP contribution >= 0.6 is 0 Å². The summed E-state index contributed by atoms with van der Waals surface area (Å²) >= 11 is 0. The smallest absolute Gasteiger partial charge is 0.237 e. The zero-order valence-electron chi connectivity index (χ0n) is 15.4. The highest BCUT2D eigenvalue weighted by molar-refractivity contribution is 5.81. The topological polar surface area (TPSA) is 72.9 Å². The van der Waals surface area contributed by atoms with Gasteiger partial charge in [-0.25, -0.2) is 4.98 Å². The van der Waals surface area contributed by atoms with Crippen LogP contribution in [-0.2, 0) is 17.8 Å². The lowest BCUT2D eigenvalue weighted by Crippen LogP contribution is -2.42. The highest BCUT2D eigenvalue weighted by atomic mass is 16.2. The van der Waals surface area contributed by atoms with Crippen molar-refractivity contribution in [1.29, 1.82) is 0 Å². The third kappa shape index (κ3) is 5.70. The Bertz CT molecular complexity index is 676.